The SMILES string of the molecule is CC[C@@](Cc1ccc(Cl)cc1)(NC(CO)c1ccccc1)c1cccc(C#N)c1. The summed E-state index contributed by atoms with van der Waals surface area (Å²) in [4.78, 5) is 0. The molecule has 4 heteroatoms. The Morgan fingerprint density at radius 3 is 2.38 bits per heavy atom. The van der Waals surface area contributed by atoms with Crippen molar-refractivity contribution >= 4 is 11.6 Å². The summed E-state index contributed by atoms with van der Waals surface area (Å²) in [6.45, 7) is 2.10. The highest BCUT2D eigenvalue weighted by Crippen LogP contribution is 2.33. The maximum atomic E-state index is 10.2. The molecule has 2 N–H and O–H groups in total. The molecule has 0 aliphatic rings. The van der Waals surface area contributed by atoms with Gasteiger partial charge in [-0.2, -0.15) is 5.26 Å². The highest BCUT2D eigenvalue weighted by Gasteiger charge is 2.33. The van der Waals surface area contributed by atoms with Gasteiger partial charge in [-0.1, -0.05) is 73.1 Å². The molecule has 0 saturated carbocycles. The van der Waals surface area contributed by atoms with E-state index in [2.05, 4.69) is 18.3 Å². The van der Waals surface area contributed by atoms with E-state index in [-0.39, 0.29) is 12.6 Å². The van der Waals surface area contributed by atoms with Gasteiger partial charge in [-0.05, 0) is 53.8 Å². The van der Waals surface area contributed by atoms with Gasteiger partial charge in [-0.3, -0.25) is 5.32 Å². The minimum atomic E-state index is -0.454. The normalized spacial score (nSPS) is 14.0. The lowest BCUT2D eigenvalue weighted by atomic mass is 9.80. The van der Waals surface area contributed by atoms with E-state index in [0.29, 0.717) is 17.0 Å². The van der Waals surface area contributed by atoms with Gasteiger partial charge >= 0.3 is 0 Å². The summed E-state index contributed by atoms with van der Waals surface area (Å²) in [6.07, 6.45) is 1.49. The Balaban J connectivity index is 2.05. The predicted octanol–water partition coefficient (Wildman–Crippen LogP) is 5.38. The number of benzene rings is 3. The molecule has 1 unspecified atom stereocenters. The molecule has 0 saturated heterocycles. The Kier molecular flexibility index (Phi) is 7.06. The fourth-order valence-corrected chi connectivity index (χ4v) is 3.88. The van der Waals surface area contributed by atoms with Crippen LogP contribution in [0.1, 0.15) is 41.6 Å². The van der Waals surface area contributed by atoms with Crippen LogP contribution in [0.2, 0.25) is 5.02 Å². The molecule has 3 rings (SSSR count). The van der Waals surface area contributed by atoms with Crippen molar-refractivity contribution in [1.29, 1.82) is 5.26 Å². The molecule has 0 aliphatic heterocycles. The van der Waals surface area contributed by atoms with Crippen molar-refractivity contribution in [3.8, 4) is 6.07 Å². The van der Waals surface area contributed by atoms with Gasteiger partial charge in [-0.15, -0.1) is 0 Å². The fraction of sp³-hybridized carbons (Fsp3) is 0.240. The van der Waals surface area contributed by atoms with E-state index >= 15 is 0 Å². The Morgan fingerprint density at radius 2 is 1.76 bits per heavy atom. The third-order valence-electron chi connectivity index (χ3n) is 5.40. The van der Waals surface area contributed by atoms with Crippen molar-refractivity contribution in [1.82, 2.24) is 5.32 Å². The number of aliphatic hydroxyl groups excluding tert-OH is 1. The van der Waals surface area contributed by atoms with Gasteiger partial charge in [0.05, 0.1) is 24.3 Å². The summed E-state index contributed by atoms with van der Waals surface area (Å²) < 4.78 is 0. The average molecular weight is 405 g/mol. The van der Waals surface area contributed by atoms with Gasteiger partial charge < -0.3 is 5.11 Å². The first-order valence-electron chi connectivity index (χ1n) is 9.79. The Hall–Kier alpha value is -2.64. The minimum absolute atomic E-state index is 0.0235. The van der Waals surface area contributed by atoms with Crippen LogP contribution in [0.4, 0.5) is 0 Å². The van der Waals surface area contributed by atoms with Crippen molar-refractivity contribution in [2.45, 2.75) is 31.3 Å². The Morgan fingerprint density at radius 1 is 1.03 bits per heavy atom. The quantitative estimate of drug-likeness (QED) is 0.529. The van der Waals surface area contributed by atoms with E-state index in [4.69, 9.17) is 11.6 Å². The van der Waals surface area contributed by atoms with Crippen molar-refractivity contribution in [3.63, 3.8) is 0 Å². The number of hydrogen-bond donors (Lipinski definition) is 2. The zero-order valence-electron chi connectivity index (χ0n) is 16.5. The number of halogens is 1. The van der Waals surface area contributed by atoms with Crippen LogP contribution in [0.5, 0.6) is 0 Å². The first-order chi connectivity index (χ1) is 14.1. The highest BCUT2D eigenvalue weighted by molar-refractivity contribution is 6.30. The second-order valence-corrected chi connectivity index (χ2v) is 7.66. The zero-order valence-corrected chi connectivity index (χ0v) is 17.2. The molecule has 29 heavy (non-hydrogen) atoms. The van der Waals surface area contributed by atoms with Gasteiger partial charge in [0.15, 0.2) is 0 Å². The molecule has 0 aliphatic carbocycles. The van der Waals surface area contributed by atoms with Crippen LogP contribution in [-0.2, 0) is 12.0 Å². The molecule has 2 atom stereocenters. The molecule has 3 aromatic carbocycles. The van der Waals surface area contributed by atoms with E-state index in [0.717, 1.165) is 23.1 Å². The lowest BCUT2D eigenvalue weighted by Gasteiger charge is -2.38. The number of rotatable bonds is 8. The lowest BCUT2D eigenvalue weighted by molar-refractivity contribution is 0.191. The molecule has 0 radical (unpaired) electrons. The molecular weight excluding hydrogens is 380 g/mol. The summed E-state index contributed by atoms with van der Waals surface area (Å²) in [5.74, 6) is 0. The van der Waals surface area contributed by atoms with Crippen LogP contribution in [-0.4, -0.2) is 11.7 Å². The monoisotopic (exact) mass is 404 g/mol. The molecular formula is C25H25ClN2O. The number of nitriles is 1. The van der Waals surface area contributed by atoms with Crippen LogP contribution >= 0.6 is 11.6 Å². The second-order valence-electron chi connectivity index (χ2n) is 7.22. The maximum absolute atomic E-state index is 10.2. The summed E-state index contributed by atoms with van der Waals surface area (Å²) in [5.41, 5.74) is 3.36. The summed E-state index contributed by atoms with van der Waals surface area (Å²) in [5, 5.41) is 24.0. The topological polar surface area (TPSA) is 56.0 Å². The molecule has 0 spiro atoms. The van der Waals surface area contributed by atoms with E-state index in [1.54, 1.807) is 0 Å². The largest absolute Gasteiger partial charge is 0.394 e. The minimum Gasteiger partial charge on any atom is -0.394 e. The van der Waals surface area contributed by atoms with Gasteiger partial charge in [0, 0.05) is 10.6 Å². The molecule has 3 nitrogen and oxygen atoms in total. The Bertz CT molecular complexity index is 966. The first kappa shape index (κ1) is 21.1. The number of nitrogens with one attached hydrogen (secondary N) is 1. The molecule has 0 fully saturated rings. The number of hydrogen-bond acceptors (Lipinski definition) is 3. The van der Waals surface area contributed by atoms with E-state index < -0.39 is 5.54 Å². The summed E-state index contributed by atoms with van der Waals surface area (Å²) in [7, 11) is 0. The van der Waals surface area contributed by atoms with Gasteiger partial charge in [0.25, 0.3) is 0 Å². The molecule has 3 aromatic rings. The van der Waals surface area contributed by atoms with E-state index in [1.807, 2.05) is 78.9 Å². The maximum Gasteiger partial charge on any atom is 0.0991 e. The zero-order chi connectivity index (χ0) is 20.7. The summed E-state index contributed by atoms with van der Waals surface area (Å²) >= 11 is 6.08. The van der Waals surface area contributed by atoms with E-state index in [9.17, 15) is 10.4 Å². The van der Waals surface area contributed by atoms with Crippen LogP contribution < -0.4 is 5.32 Å². The summed E-state index contributed by atoms with van der Waals surface area (Å²) in [6, 6.07) is 27.5. The smallest absolute Gasteiger partial charge is 0.0991 e. The first-order valence-corrected chi connectivity index (χ1v) is 10.2. The van der Waals surface area contributed by atoms with Gasteiger partial charge in [-0.25, -0.2) is 0 Å². The number of nitrogens with zero attached hydrogens (tertiary/aromatic N) is 1. The molecule has 148 valence electrons. The Labute approximate surface area is 177 Å². The van der Waals surface area contributed by atoms with Gasteiger partial charge in [0.2, 0.25) is 0 Å². The van der Waals surface area contributed by atoms with Crippen molar-refractivity contribution < 1.29 is 5.11 Å². The van der Waals surface area contributed by atoms with Gasteiger partial charge in [0.1, 0.15) is 0 Å². The van der Waals surface area contributed by atoms with Crippen LogP contribution in [0.15, 0.2) is 78.9 Å². The molecule has 0 bridgehead atoms. The third-order valence-corrected chi connectivity index (χ3v) is 5.65. The van der Waals surface area contributed by atoms with Crippen molar-refractivity contribution in [2.75, 3.05) is 6.61 Å². The predicted molar refractivity (Wildman–Crippen MR) is 118 cm³/mol. The fourth-order valence-electron chi connectivity index (χ4n) is 3.76. The van der Waals surface area contributed by atoms with Crippen LogP contribution in [0.25, 0.3) is 0 Å². The molecule has 0 aromatic heterocycles. The van der Waals surface area contributed by atoms with Crippen LogP contribution in [0, 0.1) is 11.3 Å². The number of aliphatic hydroxyl groups is 1. The second kappa shape index (κ2) is 9.71. The van der Waals surface area contributed by atoms with Crippen molar-refractivity contribution in [3.05, 3.63) is 106 Å². The standard InChI is InChI=1S/C25H25ClN2O/c1-2-25(16-19-11-13-23(26)14-12-19,22-10-6-7-20(15-22)17-27)28-24(18-29)21-8-4-3-5-9-21/h3-15,24,28-29H,2,16,18H2,1H3/t24?,25-/m0/s1. The lowest BCUT2D eigenvalue weighted by Crippen LogP contribution is -2.47. The van der Waals surface area contributed by atoms with Crippen molar-refractivity contribution in [2.24, 2.45) is 0 Å². The highest BCUT2D eigenvalue weighted by atomic mass is 35.5. The molecule has 0 amide bonds. The molecule has 0 heterocycles. The van der Waals surface area contributed by atoms with Crippen LogP contribution in [0.3, 0.4) is 0 Å². The van der Waals surface area contributed by atoms with E-state index in [1.165, 1.54) is 0 Å². The average Bonchev–Trinajstić information content (AvgIpc) is 2.78. The third kappa shape index (κ3) is 5.05.